The Kier molecular flexibility index (Phi) is 6.40. The molecule has 0 aliphatic carbocycles. The van der Waals surface area contributed by atoms with Crippen LogP contribution in [0.25, 0.3) is 0 Å². The Labute approximate surface area is 133 Å². The molecule has 2 rings (SSSR count). The molecule has 0 bridgehead atoms. The van der Waals surface area contributed by atoms with Gasteiger partial charge in [0.1, 0.15) is 5.75 Å². The molecule has 4 heteroatoms. The lowest BCUT2D eigenvalue weighted by atomic mass is 9.90. The molecule has 0 aromatic heterocycles. The van der Waals surface area contributed by atoms with Crippen LogP contribution < -0.4 is 4.74 Å². The summed E-state index contributed by atoms with van der Waals surface area (Å²) in [6.45, 7) is 8.46. The van der Waals surface area contributed by atoms with Gasteiger partial charge < -0.3 is 9.47 Å². The number of benzene rings is 1. The topological polar surface area (TPSA) is 38.8 Å². The largest absolute Gasteiger partial charge is 0.496 e. The van der Waals surface area contributed by atoms with Gasteiger partial charge in [0.15, 0.2) is 5.78 Å². The third-order valence-corrected chi connectivity index (χ3v) is 4.45. The predicted octanol–water partition coefficient (Wildman–Crippen LogP) is 3.15. The maximum atomic E-state index is 12.7. The summed E-state index contributed by atoms with van der Waals surface area (Å²) in [5, 5.41) is 0. The number of methoxy groups -OCH3 is 1. The molecule has 0 N–H and O–H groups in total. The molecule has 0 radical (unpaired) electrons. The van der Waals surface area contributed by atoms with Crippen molar-refractivity contribution in [1.29, 1.82) is 0 Å². The second kappa shape index (κ2) is 8.30. The Morgan fingerprint density at radius 2 is 1.95 bits per heavy atom. The smallest absolute Gasteiger partial charge is 0.166 e. The fourth-order valence-corrected chi connectivity index (χ4v) is 2.94. The van der Waals surface area contributed by atoms with Gasteiger partial charge in [0.05, 0.1) is 7.11 Å². The highest BCUT2D eigenvalue weighted by molar-refractivity contribution is 5.98. The standard InChI is InChI=1S/C18H27NO3/c1-4-19(5-2)13-16-12-15(6-7-17(16)21-3)18(20)14-8-10-22-11-9-14/h6-7,12,14H,4-5,8-11,13H2,1-3H3. The monoisotopic (exact) mass is 305 g/mol. The number of carbonyl (C=O) groups excluding carboxylic acids is 1. The van der Waals surface area contributed by atoms with Crippen LogP contribution in [0.4, 0.5) is 0 Å². The molecule has 1 aliphatic heterocycles. The second-order valence-corrected chi connectivity index (χ2v) is 5.74. The Morgan fingerprint density at radius 3 is 2.55 bits per heavy atom. The van der Waals surface area contributed by atoms with Gasteiger partial charge in [-0.2, -0.15) is 0 Å². The molecule has 0 unspecified atom stereocenters. The normalized spacial score (nSPS) is 16.0. The summed E-state index contributed by atoms with van der Waals surface area (Å²) < 4.78 is 10.8. The van der Waals surface area contributed by atoms with Crippen molar-refractivity contribution in [3.05, 3.63) is 29.3 Å². The average Bonchev–Trinajstić information content (AvgIpc) is 2.59. The quantitative estimate of drug-likeness (QED) is 0.725. The molecular weight excluding hydrogens is 278 g/mol. The number of ether oxygens (including phenoxy) is 2. The van der Waals surface area contributed by atoms with E-state index in [9.17, 15) is 4.79 Å². The van der Waals surface area contributed by atoms with Crippen molar-refractivity contribution < 1.29 is 14.3 Å². The summed E-state index contributed by atoms with van der Waals surface area (Å²) in [7, 11) is 1.68. The molecule has 1 aliphatic rings. The van der Waals surface area contributed by atoms with Gasteiger partial charge in [0, 0.05) is 36.8 Å². The molecule has 0 amide bonds. The predicted molar refractivity (Wildman–Crippen MR) is 87.5 cm³/mol. The van der Waals surface area contributed by atoms with Crippen LogP contribution in [0.2, 0.25) is 0 Å². The van der Waals surface area contributed by atoms with Gasteiger partial charge in [-0.15, -0.1) is 0 Å². The molecule has 0 saturated carbocycles. The number of rotatable bonds is 7. The van der Waals surface area contributed by atoms with Gasteiger partial charge in [0.25, 0.3) is 0 Å². The first-order chi connectivity index (χ1) is 10.7. The highest BCUT2D eigenvalue weighted by atomic mass is 16.5. The zero-order valence-corrected chi connectivity index (χ0v) is 13.9. The Bertz CT molecular complexity index is 491. The molecule has 0 spiro atoms. The van der Waals surface area contributed by atoms with Crippen LogP contribution in [-0.4, -0.2) is 44.1 Å². The Balaban J connectivity index is 2.19. The minimum Gasteiger partial charge on any atom is -0.496 e. The highest BCUT2D eigenvalue weighted by Gasteiger charge is 2.23. The van der Waals surface area contributed by atoms with Crippen molar-refractivity contribution >= 4 is 5.78 Å². The fourth-order valence-electron chi connectivity index (χ4n) is 2.94. The average molecular weight is 305 g/mol. The van der Waals surface area contributed by atoms with E-state index >= 15 is 0 Å². The van der Waals surface area contributed by atoms with E-state index in [1.807, 2.05) is 18.2 Å². The number of hydrogen-bond donors (Lipinski definition) is 0. The number of nitrogens with zero attached hydrogens (tertiary/aromatic N) is 1. The molecule has 1 fully saturated rings. The van der Waals surface area contributed by atoms with E-state index < -0.39 is 0 Å². The maximum Gasteiger partial charge on any atom is 0.166 e. The Hall–Kier alpha value is -1.39. The number of carbonyl (C=O) groups is 1. The highest BCUT2D eigenvalue weighted by Crippen LogP contribution is 2.25. The summed E-state index contributed by atoms with van der Waals surface area (Å²) >= 11 is 0. The van der Waals surface area contributed by atoms with E-state index in [-0.39, 0.29) is 11.7 Å². The van der Waals surface area contributed by atoms with E-state index in [4.69, 9.17) is 9.47 Å². The lowest BCUT2D eigenvalue weighted by molar-refractivity contribution is 0.0544. The van der Waals surface area contributed by atoms with Crippen LogP contribution in [-0.2, 0) is 11.3 Å². The van der Waals surface area contributed by atoms with Gasteiger partial charge in [0.2, 0.25) is 0 Å². The molecule has 122 valence electrons. The van der Waals surface area contributed by atoms with Crippen LogP contribution in [0.3, 0.4) is 0 Å². The maximum absolute atomic E-state index is 12.7. The first kappa shape index (κ1) is 17.0. The fraction of sp³-hybridized carbons (Fsp3) is 0.611. The molecule has 4 nitrogen and oxygen atoms in total. The molecule has 1 aromatic rings. The van der Waals surface area contributed by atoms with Crippen molar-refractivity contribution in [2.24, 2.45) is 5.92 Å². The molecule has 1 saturated heterocycles. The van der Waals surface area contributed by atoms with Crippen LogP contribution in [0.5, 0.6) is 5.75 Å². The molecule has 0 atom stereocenters. The van der Waals surface area contributed by atoms with Gasteiger partial charge in [-0.25, -0.2) is 0 Å². The zero-order valence-electron chi connectivity index (χ0n) is 13.9. The minimum absolute atomic E-state index is 0.100. The molecule has 1 heterocycles. The van der Waals surface area contributed by atoms with Gasteiger partial charge in [-0.3, -0.25) is 9.69 Å². The van der Waals surface area contributed by atoms with E-state index in [0.717, 1.165) is 49.4 Å². The van der Waals surface area contributed by atoms with E-state index in [2.05, 4.69) is 18.7 Å². The number of Topliss-reactive ketones (excluding diaryl/α,β-unsaturated/α-hetero) is 1. The molecule has 1 aromatic carbocycles. The minimum atomic E-state index is 0.100. The lowest BCUT2D eigenvalue weighted by Gasteiger charge is -2.22. The summed E-state index contributed by atoms with van der Waals surface area (Å²) in [6, 6.07) is 5.82. The van der Waals surface area contributed by atoms with Crippen molar-refractivity contribution in [1.82, 2.24) is 4.90 Å². The van der Waals surface area contributed by atoms with E-state index in [1.54, 1.807) is 7.11 Å². The van der Waals surface area contributed by atoms with Gasteiger partial charge in [-0.05, 0) is 44.1 Å². The first-order valence-corrected chi connectivity index (χ1v) is 8.20. The van der Waals surface area contributed by atoms with Crippen molar-refractivity contribution in [3.8, 4) is 5.75 Å². The summed E-state index contributed by atoms with van der Waals surface area (Å²) in [4.78, 5) is 15.0. The van der Waals surface area contributed by atoms with Crippen molar-refractivity contribution in [3.63, 3.8) is 0 Å². The van der Waals surface area contributed by atoms with Crippen LogP contribution in [0, 0.1) is 5.92 Å². The van der Waals surface area contributed by atoms with Crippen molar-refractivity contribution in [2.75, 3.05) is 33.4 Å². The first-order valence-electron chi connectivity index (χ1n) is 8.20. The van der Waals surface area contributed by atoms with E-state index in [0.29, 0.717) is 13.2 Å². The third-order valence-electron chi connectivity index (χ3n) is 4.45. The summed E-state index contributed by atoms with van der Waals surface area (Å²) in [6.07, 6.45) is 1.66. The van der Waals surface area contributed by atoms with Crippen LogP contribution >= 0.6 is 0 Å². The third kappa shape index (κ3) is 4.08. The Morgan fingerprint density at radius 1 is 1.27 bits per heavy atom. The lowest BCUT2D eigenvalue weighted by Crippen LogP contribution is -2.24. The van der Waals surface area contributed by atoms with Crippen LogP contribution in [0.15, 0.2) is 18.2 Å². The SMILES string of the molecule is CCN(CC)Cc1cc(C(=O)C2CCOCC2)ccc1OC. The van der Waals surface area contributed by atoms with E-state index in [1.165, 1.54) is 0 Å². The number of hydrogen-bond acceptors (Lipinski definition) is 4. The van der Waals surface area contributed by atoms with Crippen LogP contribution in [0.1, 0.15) is 42.6 Å². The molecular formula is C18H27NO3. The zero-order chi connectivity index (χ0) is 15.9. The molecule has 22 heavy (non-hydrogen) atoms. The van der Waals surface area contributed by atoms with Gasteiger partial charge >= 0.3 is 0 Å². The second-order valence-electron chi connectivity index (χ2n) is 5.74. The summed E-state index contributed by atoms with van der Waals surface area (Å²) in [5.74, 6) is 1.20. The van der Waals surface area contributed by atoms with Gasteiger partial charge in [-0.1, -0.05) is 13.8 Å². The number of ketones is 1. The summed E-state index contributed by atoms with van der Waals surface area (Å²) in [5.41, 5.74) is 1.89. The van der Waals surface area contributed by atoms with Crippen molar-refractivity contribution in [2.45, 2.75) is 33.2 Å².